The lowest BCUT2D eigenvalue weighted by Gasteiger charge is -2.22. The third-order valence-corrected chi connectivity index (χ3v) is 4.14. The van der Waals surface area contributed by atoms with Gasteiger partial charge < -0.3 is 0 Å². The lowest BCUT2D eigenvalue weighted by Crippen LogP contribution is -2.24. The predicted molar refractivity (Wildman–Crippen MR) is 105 cm³/mol. The van der Waals surface area contributed by atoms with Gasteiger partial charge in [0.1, 0.15) is 17.5 Å². The zero-order chi connectivity index (χ0) is 20.0. The average Bonchev–Trinajstić information content (AvgIpc) is 2.99. The molecule has 0 unspecified atom stereocenters. The summed E-state index contributed by atoms with van der Waals surface area (Å²) in [5, 5.41) is 4.37. The predicted octanol–water partition coefficient (Wildman–Crippen LogP) is 4.67. The van der Waals surface area contributed by atoms with Crippen LogP contribution in [-0.2, 0) is 17.9 Å². The Morgan fingerprint density at radius 3 is 1.85 bits per heavy atom. The Hall–Kier alpha value is -2.63. The highest BCUT2D eigenvalue weighted by molar-refractivity contribution is 5.68. The first kappa shape index (κ1) is 19.1. The van der Waals surface area contributed by atoms with Gasteiger partial charge in [0.05, 0.1) is 5.69 Å². The second-order valence-electron chi connectivity index (χ2n) is 8.91. The number of hydrogen-bond acceptors (Lipinski definition) is 4. The maximum Gasteiger partial charge on any atom is 0.163 e. The van der Waals surface area contributed by atoms with Gasteiger partial charge in [-0.25, -0.2) is 19.3 Å². The second kappa shape index (κ2) is 6.51. The zero-order valence-corrected chi connectivity index (χ0v) is 17.0. The van der Waals surface area contributed by atoms with E-state index in [1.54, 1.807) is 4.68 Å². The van der Waals surface area contributed by atoms with Gasteiger partial charge in [-0.15, -0.1) is 0 Å². The first-order valence-corrected chi connectivity index (χ1v) is 9.01. The molecule has 3 rings (SSSR count). The lowest BCUT2D eigenvalue weighted by molar-refractivity contribution is 0.497. The van der Waals surface area contributed by atoms with Crippen LogP contribution in [0.5, 0.6) is 0 Å². The van der Waals surface area contributed by atoms with E-state index < -0.39 is 0 Å². The van der Waals surface area contributed by atoms with Gasteiger partial charge >= 0.3 is 0 Å². The Morgan fingerprint density at radius 1 is 0.815 bits per heavy atom. The van der Waals surface area contributed by atoms with Gasteiger partial charge in [0.2, 0.25) is 0 Å². The van der Waals surface area contributed by atoms with Crippen LogP contribution in [0.4, 0.5) is 4.39 Å². The van der Waals surface area contributed by atoms with E-state index in [1.165, 1.54) is 12.1 Å². The van der Waals surface area contributed by atoms with Crippen molar-refractivity contribution in [1.82, 2.24) is 24.7 Å². The maximum absolute atomic E-state index is 14.4. The molecule has 0 amide bonds. The molecule has 0 saturated heterocycles. The van der Waals surface area contributed by atoms with Crippen molar-refractivity contribution in [1.29, 1.82) is 0 Å². The first-order valence-electron chi connectivity index (χ1n) is 9.01. The van der Waals surface area contributed by atoms with Crippen molar-refractivity contribution in [3.05, 3.63) is 47.9 Å². The molecule has 0 aliphatic rings. The maximum atomic E-state index is 14.4. The third kappa shape index (κ3) is 4.21. The van der Waals surface area contributed by atoms with Crippen LogP contribution in [0.25, 0.3) is 22.6 Å². The number of nitrogens with zero attached hydrogens (tertiary/aromatic N) is 5. The van der Waals surface area contributed by atoms with Crippen LogP contribution in [0.2, 0.25) is 0 Å². The van der Waals surface area contributed by atoms with E-state index in [-0.39, 0.29) is 16.6 Å². The third-order valence-electron chi connectivity index (χ3n) is 4.14. The highest BCUT2D eigenvalue weighted by Crippen LogP contribution is 2.29. The minimum atomic E-state index is -0.344. The van der Waals surface area contributed by atoms with E-state index >= 15 is 0 Å². The van der Waals surface area contributed by atoms with Crippen LogP contribution in [-0.4, -0.2) is 24.7 Å². The molecular weight excluding hydrogens is 341 g/mol. The van der Waals surface area contributed by atoms with Crippen LogP contribution in [0.1, 0.15) is 53.2 Å². The molecule has 27 heavy (non-hydrogen) atoms. The molecule has 0 atom stereocenters. The molecule has 0 spiro atoms. The molecule has 5 nitrogen and oxygen atoms in total. The van der Waals surface area contributed by atoms with Gasteiger partial charge in [0, 0.05) is 35.2 Å². The number of aryl methyl sites for hydroxylation is 1. The van der Waals surface area contributed by atoms with Crippen LogP contribution in [0, 0.1) is 5.82 Å². The van der Waals surface area contributed by atoms with Gasteiger partial charge in [-0.1, -0.05) is 41.5 Å². The van der Waals surface area contributed by atoms with Gasteiger partial charge in [-0.05, 0) is 24.3 Å². The Kier molecular flexibility index (Phi) is 4.62. The average molecular weight is 367 g/mol. The molecule has 2 aromatic heterocycles. The van der Waals surface area contributed by atoms with E-state index in [9.17, 15) is 4.39 Å². The number of benzene rings is 1. The molecule has 142 valence electrons. The monoisotopic (exact) mass is 367 g/mol. The van der Waals surface area contributed by atoms with Crippen molar-refractivity contribution < 1.29 is 4.39 Å². The summed E-state index contributed by atoms with van der Waals surface area (Å²) in [4.78, 5) is 14.0. The normalized spacial score (nSPS) is 12.4. The van der Waals surface area contributed by atoms with Crippen molar-refractivity contribution in [2.75, 3.05) is 0 Å². The lowest BCUT2D eigenvalue weighted by atomic mass is 9.93. The fourth-order valence-corrected chi connectivity index (χ4v) is 2.61. The zero-order valence-electron chi connectivity index (χ0n) is 17.0. The molecule has 1 aromatic carbocycles. The number of hydrogen-bond donors (Lipinski definition) is 0. The van der Waals surface area contributed by atoms with E-state index in [0.717, 1.165) is 0 Å². The SMILES string of the molecule is Cn1ccc(-c2cc(F)cc(-c3nc(C(C)(C)C)nc(C(C)(C)C)n3)c2)n1. The van der Waals surface area contributed by atoms with Gasteiger partial charge in [-0.3, -0.25) is 4.68 Å². The molecule has 0 saturated carbocycles. The molecule has 0 N–H and O–H groups in total. The Balaban J connectivity index is 2.20. The molecular formula is C21H26FN5. The summed E-state index contributed by atoms with van der Waals surface area (Å²) in [6, 6.07) is 6.66. The fraction of sp³-hybridized carbons (Fsp3) is 0.429. The first-order chi connectivity index (χ1) is 12.4. The topological polar surface area (TPSA) is 56.5 Å². The molecule has 0 aliphatic carbocycles. The summed E-state index contributed by atoms with van der Waals surface area (Å²) in [6.45, 7) is 12.4. The highest BCUT2D eigenvalue weighted by Gasteiger charge is 2.25. The number of aromatic nitrogens is 5. The number of rotatable bonds is 2. The van der Waals surface area contributed by atoms with Crippen LogP contribution >= 0.6 is 0 Å². The minimum Gasteiger partial charge on any atom is -0.275 e. The molecule has 0 fully saturated rings. The smallest absolute Gasteiger partial charge is 0.163 e. The standard InChI is InChI=1S/C21H26FN5/c1-20(2,3)18-23-17(24-19(25-18)21(4,5)6)14-10-13(11-15(22)12-14)16-8-9-27(7)26-16/h8-12H,1-7H3. The second-order valence-corrected chi connectivity index (χ2v) is 8.91. The highest BCUT2D eigenvalue weighted by atomic mass is 19.1. The molecule has 0 aliphatic heterocycles. The fourth-order valence-electron chi connectivity index (χ4n) is 2.61. The van der Waals surface area contributed by atoms with Crippen molar-refractivity contribution in [3.8, 4) is 22.6 Å². The van der Waals surface area contributed by atoms with Gasteiger partial charge in [0.15, 0.2) is 5.82 Å². The molecule has 6 heteroatoms. The van der Waals surface area contributed by atoms with Crippen molar-refractivity contribution in [3.63, 3.8) is 0 Å². The molecule has 2 heterocycles. The quantitative estimate of drug-likeness (QED) is 0.660. The van der Waals surface area contributed by atoms with E-state index in [4.69, 9.17) is 0 Å². The van der Waals surface area contributed by atoms with E-state index in [0.29, 0.717) is 34.3 Å². The van der Waals surface area contributed by atoms with Gasteiger partial charge in [-0.2, -0.15) is 5.10 Å². The Labute approximate surface area is 159 Å². The summed E-state index contributed by atoms with van der Waals surface area (Å²) in [6.07, 6.45) is 1.83. The summed E-state index contributed by atoms with van der Waals surface area (Å²) < 4.78 is 16.1. The van der Waals surface area contributed by atoms with Crippen LogP contribution in [0.3, 0.4) is 0 Å². The molecule has 0 radical (unpaired) electrons. The Bertz CT molecular complexity index is 945. The molecule has 3 aromatic rings. The summed E-state index contributed by atoms with van der Waals surface area (Å²) >= 11 is 0. The van der Waals surface area contributed by atoms with Crippen molar-refractivity contribution in [2.24, 2.45) is 7.05 Å². The summed E-state index contributed by atoms with van der Waals surface area (Å²) in [7, 11) is 1.83. The largest absolute Gasteiger partial charge is 0.275 e. The molecule has 0 bridgehead atoms. The minimum absolute atomic E-state index is 0.241. The van der Waals surface area contributed by atoms with E-state index in [1.807, 2.05) is 25.4 Å². The number of halogens is 1. The summed E-state index contributed by atoms with van der Waals surface area (Å²) in [5.41, 5.74) is 1.54. The summed E-state index contributed by atoms with van der Waals surface area (Å²) in [5.74, 6) is 1.53. The Morgan fingerprint density at radius 2 is 1.37 bits per heavy atom. The van der Waals surface area contributed by atoms with E-state index in [2.05, 4.69) is 61.6 Å². The van der Waals surface area contributed by atoms with Crippen LogP contribution in [0.15, 0.2) is 30.5 Å². The van der Waals surface area contributed by atoms with Crippen molar-refractivity contribution >= 4 is 0 Å². The van der Waals surface area contributed by atoms with Gasteiger partial charge in [0.25, 0.3) is 0 Å². The van der Waals surface area contributed by atoms with Crippen molar-refractivity contribution in [2.45, 2.75) is 52.4 Å². The van der Waals surface area contributed by atoms with Crippen LogP contribution < -0.4 is 0 Å².